The number of rotatable bonds is 4. The van der Waals surface area contributed by atoms with E-state index < -0.39 is 5.60 Å². The van der Waals surface area contributed by atoms with Crippen LogP contribution in [0.5, 0.6) is 0 Å². The Labute approximate surface area is 102 Å². The van der Waals surface area contributed by atoms with Crippen molar-refractivity contribution in [3.8, 4) is 0 Å². The summed E-state index contributed by atoms with van der Waals surface area (Å²) < 4.78 is 0. The van der Waals surface area contributed by atoms with E-state index in [2.05, 4.69) is 11.6 Å². The number of allylic oxidation sites excluding steroid dienone is 1. The number of aliphatic hydroxyl groups is 1. The molecule has 2 rings (SSSR count). The quantitative estimate of drug-likeness (QED) is 0.812. The number of nitrogens with zero attached hydrogens (tertiary/aromatic N) is 1. The molecule has 1 aromatic carbocycles. The fraction of sp³-hybridized carbons (Fsp3) is 0.267. The average Bonchev–Trinajstić information content (AvgIpc) is 2.36. The van der Waals surface area contributed by atoms with Gasteiger partial charge < -0.3 is 5.11 Å². The number of aromatic nitrogens is 1. The second-order valence-electron chi connectivity index (χ2n) is 4.52. The number of fused-ring (bicyclic) bond motifs is 1. The van der Waals surface area contributed by atoms with E-state index in [1.165, 1.54) is 0 Å². The Morgan fingerprint density at radius 2 is 2.18 bits per heavy atom. The van der Waals surface area contributed by atoms with Crippen LogP contribution in [0.1, 0.15) is 25.3 Å². The van der Waals surface area contributed by atoms with Gasteiger partial charge in [-0.1, -0.05) is 24.3 Å². The number of hydrogen-bond acceptors (Lipinski definition) is 2. The van der Waals surface area contributed by atoms with Crippen molar-refractivity contribution in [1.29, 1.82) is 0 Å². The summed E-state index contributed by atoms with van der Waals surface area (Å²) in [7, 11) is 0. The van der Waals surface area contributed by atoms with Crippen LogP contribution >= 0.6 is 0 Å². The first-order valence-electron chi connectivity index (χ1n) is 5.82. The standard InChI is InChI=1S/C15H17NO/c1-3-4-9-15(2,17)13-10-12-7-5-6-8-14(12)16-11-13/h3,5-8,10-11,17H,1,4,9H2,2H3. The second-order valence-corrected chi connectivity index (χ2v) is 4.52. The van der Waals surface area contributed by atoms with Crippen molar-refractivity contribution in [2.75, 3.05) is 0 Å². The van der Waals surface area contributed by atoms with Crippen LogP contribution in [0, 0.1) is 0 Å². The molecule has 2 aromatic rings. The maximum absolute atomic E-state index is 10.4. The van der Waals surface area contributed by atoms with Gasteiger partial charge in [-0.25, -0.2) is 0 Å². The van der Waals surface area contributed by atoms with Crippen LogP contribution in [-0.2, 0) is 5.60 Å². The Hall–Kier alpha value is -1.67. The van der Waals surface area contributed by atoms with Crippen molar-refractivity contribution in [3.63, 3.8) is 0 Å². The van der Waals surface area contributed by atoms with Gasteiger partial charge >= 0.3 is 0 Å². The van der Waals surface area contributed by atoms with Gasteiger partial charge in [-0.3, -0.25) is 4.98 Å². The van der Waals surface area contributed by atoms with Crippen molar-refractivity contribution >= 4 is 10.9 Å². The second kappa shape index (κ2) is 4.68. The van der Waals surface area contributed by atoms with Crippen LogP contribution < -0.4 is 0 Å². The molecule has 0 aliphatic carbocycles. The maximum Gasteiger partial charge on any atom is 0.0886 e. The number of hydrogen-bond donors (Lipinski definition) is 1. The summed E-state index contributed by atoms with van der Waals surface area (Å²) in [6.07, 6.45) is 5.03. The van der Waals surface area contributed by atoms with E-state index in [0.29, 0.717) is 6.42 Å². The van der Waals surface area contributed by atoms with Gasteiger partial charge in [-0.2, -0.15) is 0 Å². The molecule has 0 bridgehead atoms. The molecule has 1 unspecified atom stereocenters. The number of para-hydroxylation sites is 1. The SMILES string of the molecule is C=CCCC(C)(O)c1cnc2ccccc2c1. The smallest absolute Gasteiger partial charge is 0.0886 e. The molecule has 0 fully saturated rings. The van der Waals surface area contributed by atoms with Crippen molar-refractivity contribution in [2.24, 2.45) is 0 Å². The Morgan fingerprint density at radius 1 is 1.41 bits per heavy atom. The highest BCUT2D eigenvalue weighted by Gasteiger charge is 2.22. The molecular formula is C15H17NO. The van der Waals surface area contributed by atoms with E-state index in [9.17, 15) is 5.11 Å². The molecule has 1 heterocycles. The molecular weight excluding hydrogens is 210 g/mol. The molecule has 1 aromatic heterocycles. The Balaban J connectivity index is 2.38. The zero-order valence-electron chi connectivity index (χ0n) is 10.1. The van der Waals surface area contributed by atoms with Crippen molar-refractivity contribution in [3.05, 3.63) is 54.7 Å². The van der Waals surface area contributed by atoms with Crippen molar-refractivity contribution in [2.45, 2.75) is 25.4 Å². The van der Waals surface area contributed by atoms with Crippen LogP contribution in [-0.4, -0.2) is 10.1 Å². The summed E-state index contributed by atoms with van der Waals surface area (Å²) in [6.45, 7) is 5.50. The van der Waals surface area contributed by atoms with Gasteiger partial charge in [0.05, 0.1) is 11.1 Å². The van der Waals surface area contributed by atoms with Crippen LogP contribution in [0.2, 0.25) is 0 Å². The molecule has 0 amide bonds. The van der Waals surface area contributed by atoms with E-state index >= 15 is 0 Å². The van der Waals surface area contributed by atoms with Crippen LogP contribution in [0.3, 0.4) is 0 Å². The van der Waals surface area contributed by atoms with Crippen molar-refractivity contribution in [1.82, 2.24) is 4.98 Å². The lowest BCUT2D eigenvalue weighted by atomic mass is 9.91. The van der Waals surface area contributed by atoms with Gasteiger partial charge in [0, 0.05) is 17.1 Å². The lowest BCUT2D eigenvalue weighted by Crippen LogP contribution is -2.20. The summed E-state index contributed by atoms with van der Waals surface area (Å²) in [6, 6.07) is 9.93. The molecule has 0 aliphatic heterocycles. The zero-order chi connectivity index (χ0) is 12.3. The summed E-state index contributed by atoms with van der Waals surface area (Å²) in [5, 5.41) is 11.4. The summed E-state index contributed by atoms with van der Waals surface area (Å²) in [5.41, 5.74) is 0.972. The van der Waals surface area contributed by atoms with Gasteiger partial charge in [0.2, 0.25) is 0 Å². The summed E-state index contributed by atoms with van der Waals surface area (Å²) in [4.78, 5) is 4.37. The zero-order valence-corrected chi connectivity index (χ0v) is 10.1. The van der Waals surface area contributed by atoms with E-state index in [1.807, 2.05) is 43.3 Å². The average molecular weight is 227 g/mol. The van der Waals surface area contributed by atoms with Gasteiger partial charge in [-0.15, -0.1) is 6.58 Å². The molecule has 2 nitrogen and oxygen atoms in total. The Kier molecular flexibility index (Phi) is 3.25. The van der Waals surface area contributed by atoms with Crippen LogP contribution in [0.25, 0.3) is 10.9 Å². The summed E-state index contributed by atoms with van der Waals surface area (Å²) >= 11 is 0. The Morgan fingerprint density at radius 3 is 2.94 bits per heavy atom. The monoisotopic (exact) mass is 227 g/mol. The third kappa shape index (κ3) is 2.53. The molecule has 17 heavy (non-hydrogen) atoms. The van der Waals surface area contributed by atoms with Gasteiger partial charge in [0.1, 0.15) is 0 Å². The highest BCUT2D eigenvalue weighted by atomic mass is 16.3. The van der Waals surface area contributed by atoms with Crippen LogP contribution in [0.15, 0.2) is 49.2 Å². The number of pyridine rings is 1. The fourth-order valence-corrected chi connectivity index (χ4v) is 1.89. The van der Waals surface area contributed by atoms with Gasteiger partial charge in [-0.05, 0) is 31.9 Å². The molecule has 0 radical (unpaired) electrons. The first kappa shape index (κ1) is 11.8. The van der Waals surface area contributed by atoms with Crippen LogP contribution in [0.4, 0.5) is 0 Å². The molecule has 1 N–H and O–H groups in total. The largest absolute Gasteiger partial charge is 0.385 e. The molecule has 0 aliphatic rings. The lowest BCUT2D eigenvalue weighted by Gasteiger charge is -2.23. The van der Waals surface area contributed by atoms with Gasteiger partial charge in [0.15, 0.2) is 0 Å². The first-order valence-corrected chi connectivity index (χ1v) is 5.82. The third-order valence-electron chi connectivity index (χ3n) is 3.05. The molecule has 88 valence electrons. The molecule has 1 atom stereocenters. The molecule has 0 saturated heterocycles. The minimum absolute atomic E-state index is 0.663. The maximum atomic E-state index is 10.4. The van der Waals surface area contributed by atoms with E-state index in [0.717, 1.165) is 22.9 Å². The van der Waals surface area contributed by atoms with E-state index in [1.54, 1.807) is 6.20 Å². The van der Waals surface area contributed by atoms with E-state index in [4.69, 9.17) is 0 Å². The molecule has 0 spiro atoms. The van der Waals surface area contributed by atoms with E-state index in [-0.39, 0.29) is 0 Å². The predicted octanol–water partition coefficient (Wildman–Crippen LogP) is 3.41. The minimum Gasteiger partial charge on any atom is -0.385 e. The van der Waals surface area contributed by atoms with Crippen molar-refractivity contribution < 1.29 is 5.11 Å². The topological polar surface area (TPSA) is 33.1 Å². The highest BCUT2D eigenvalue weighted by Crippen LogP contribution is 2.27. The highest BCUT2D eigenvalue weighted by molar-refractivity contribution is 5.78. The number of benzene rings is 1. The molecule has 2 heteroatoms. The summed E-state index contributed by atoms with van der Waals surface area (Å²) in [5.74, 6) is 0. The molecule has 0 saturated carbocycles. The lowest BCUT2D eigenvalue weighted by molar-refractivity contribution is 0.0486. The fourth-order valence-electron chi connectivity index (χ4n) is 1.89. The normalized spacial score (nSPS) is 14.5. The first-order chi connectivity index (χ1) is 8.13. The Bertz CT molecular complexity index is 531. The third-order valence-corrected chi connectivity index (χ3v) is 3.05. The minimum atomic E-state index is -0.842. The predicted molar refractivity (Wildman–Crippen MR) is 70.7 cm³/mol. The van der Waals surface area contributed by atoms with Gasteiger partial charge in [0.25, 0.3) is 0 Å².